The van der Waals surface area contributed by atoms with Gasteiger partial charge in [0.2, 0.25) is 5.91 Å². The Morgan fingerprint density at radius 1 is 0.971 bits per heavy atom. The average molecular weight is 470 g/mol. The van der Waals surface area contributed by atoms with Gasteiger partial charge in [-0.25, -0.2) is 4.68 Å². The van der Waals surface area contributed by atoms with Crippen molar-refractivity contribution in [3.63, 3.8) is 0 Å². The number of nitrogens with one attached hydrogen (secondary N) is 1. The van der Waals surface area contributed by atoms with E-state index in [1.165, 1.54) is 16.8 Å². The topological polar surface area (TPSA) is 66.5 Å². The Hall–Kier alpha value is -3.84. The third-order valence-electron chi connectivity index (χ3n) is 6.67. The lowest BCUT2D eigenvalue weighted by Gasteiger charge is -2.37. The van der Waals surface area contributed by atoms with Crippen LogP contribution in [-0.2, 0) is 11.3 Å². The van der Waals surface area contributed by atoms with Gasteiger partial charge in [0.05, 0.1) is 24.2 Å². The molecule has 5 rings (SSSR count). The van der Waals surface area contributed by atoms with Crippen LogP contribution in [0.4, 0.5) is 5.69 Å². The molecule has 1 aliphatic heterocycles. The lowest BCUT2D eigenvalue weighted by atomic mass is 10.1. The van der Waals surface area contributed by atoms with Gasteiger partial charge in [0.1, 0.15) is 5.69 Å². The predicted octanol–water partition coefficient (Wildman–Crippen LogP) is 4.19. The quantitative estimate of drug-likeness (QED) is 0.440. The van der Waals surface area contributed by atoms with E-state index in [1.807, 2.05) is 58.1 Å². The highest BCUT2D eigenvalue weighted by Gasteiger charge is 2.22. The molecule has 35 heavy (non-hydrogen) atoms. The molecule has 0 saturated carbocycles. The second kappa shape index (κ2) is 10.2. The van der Waals surface area contributed by atoms with Crippen LogP contribution in [0.2, 0.25) is 0 Å². The first-order valence-electron chi connectivity index (χ1n) is 12.1. The monoisotopic (exact) mass is 469 g/mol. The van der Waals surface area contributed by atoms with Crippen molar-refractivity contribution in [3.05, 3.63) is 89.8 Å². The molecule has 0 radical (unpaired) electrons. The number of carbonyl (C=O) groups is 1. The van der Waals surface area contributed by atoms with Crippen molar-refractivity contribution >= 4 is 11.6 Å². The first-order valence-corrected chi connectivity index (χ1v) is 12.1. The molecule has 7 nitrogen and oxygen atoms in total. The maximum absolute atomic E-state index is 12.8. The number of benzene rings is 2. The summed E-state index contributed by atoms with van der Waals surface area (Å²) in [6.45, 7) is 8.28. The zero-order valence-corrected chi connectivity index (χ0v) is 20.3. The molecule has 2 aromatic heterocycles. The fourth-order valence-electron chi connectivity index (χ4n) is 4.57. The van der Waals surface area contributed by atoms with Crippen LogP contribution in [0.3, 0.4) is 0 Å². The maximum atomic E-state index is 12.8. The molecule has 1 fully saturated rings. The Balaban J connectivity index is 1.18. The van der Waals surface area contributed by atoms with Crippen LogP contribution in [0.15, 0.2) is 77.4 Å². The molecule has 0 atom stereocenters. The molecule has 3 heterocycles. The van der Waals surface area contributed by atoms with Gasteiger partial charge in [-0.1, -0.05) is 30.3 Å². The van der Waals surface area contributed by atoms with Gasteiger partial charge < -0.3 is 19.5 Å². The van der Waals surface area contributed by atoms with E-state index in [4.69, 9.17) is 9.52 Å². The zero-order chi connectivity index (χ0) is 24.2. The summed E-state index contributed by atoms with van der Waals surface area (Å²) in [6, 6.07) is 22.2. The molecule has 7 heteroatoms. The van der Waals surface area contributed by atoms with Crippen molar-refractivity contribution in [2.24, 2.45) is 0 Å². The Bertz CT molecular complexity index is 1270. The number of piperazine rings is 1. The lowest BCUT2D eigenvalue weighted by Crippen LogP contribution is -2.51. The molecule has 1 aliphatic rings. The minimum absolute atomic E-state index is 0.124. The largest absolute Gasteiger partial charge is 0.463 e. The fourth-order valence-corrected chi connectivity index (χ4v) is 4.57. The number of anilines is 1. The van der Waals surface area contributed by atoms with Crippen molar-refractivity contribution < 1.29 is 9.21 Å². The number of hydrogen-bond acceptors (Lipinski definition) is 5. The Morgan fingerprint density at radius 2 is 1.77 bits per heavy atom. The van der Waals surface area contributed by atoms with Gasteiger partial charge in [0, 0.05) is 38.4 Å². The Labute approximate surface area is 206 Å². The van der Waals surface area contributed by atoms with E-state index in [1.54, 1.807) is 6.26 Å². The van der Waals surface area contributed by atoms with Crippen molar-refractivity contribution in [1.29, 1.82) is 0 Å². The minimum Gasteiger partial charge on any atom is -0.463 e. The number of aromatic nitrogens is 2. The van der Waals surface area contributed by atoms with Crippen molar-refractivity contribution in [1.82, 2.24) is 20.0 Å². The molecule has 0 aliphatic carbocycles. The SMILES string of the molecule is Cc1cccc(N2CCN(C(=O)CNCc3cc(-c4ccco4)n(-c4ccccc4)n3)CC2)c1C. The van der Waals surface area contributed by atoms with E-state index in [9.17, 15) is 4.79 Å². The van der Waals surface area contributed by atoms with Crippen LogP contribution in [0.5, 0.6) is 0 Å². The van der Waals surface area contributed by atoms with Gasteiger partial charge in [-0.15, -0.1) is 0 Å². The summed E-state index contributed by atoms with van der Waals surface area (Å²) in [4.78, 5) is 17.2. The first kappa shape index (κ1) is 22.9. The van der Waals surface area contributed by atoms with Gasteiger partial charge in [-0.3, -0.25) is 4.79 Å². The van der Waals surface area contributed by atoms with E-state index in [0.717, 1.165) is 49.0 Å². The summed E-state index contributed by atoms with van der Waals surface area (Å²) in [6.07, 6.45) is 1.66. The average Bonchev–Trinajstić information content (AvgIpc) is 3.57. The van der Waals surface area contributed by atoms with E-state index in [-0.39, 0.29) is 12.5 Å². The number of rotatable bonds is 7. The molecule has 1 N–H and O–H groups in total. The van der Waals surface area contributed by atoms with Gasteiger partial charge >= 0.3 is 0 Å². The summed E-state index contributed by atoms with van der Waals surface area (Å²) in [5, 5.41) is 8.05. The number of amides is 1. The van der Waals surface area contributed by atoms with E-state index in [0.29, 0.717) is 6.54 Å². The molecule has 1 amide bonds. The highest BCUT2D eigenvalue weighted by Crippen LogP contribution is 2.25. The Kier molecular flexibility index (Phi) is 6.68. The second-order valence-corrected chi connectivity index (χ2v) is 8.94. The van der Waals surface area contributed by atoms with Crippen molar-refractivity contribution in [3.8, 4) is 17.1 Å². The van der Waals surface area contributed by atoms with Crippen LogP contribution < -0.4 is 10.2 Å². The van der Waals surface area contributed by atoms with Gasteiger partial charge in [-0.2, -0.15) is 5.10 Å². The first-order chi connectivity index (χ1) is 17.1. The summed E-state index contributed by atoms with van der Waals surface area (Å²) < 4.78 is 7.50. The standard InChI is InChI=1S/C28H31N5O2/c1-21-8-6-11-25(22(21)2)31-13-15-32(16-14-31)28(34)20-29-19-23-18-26(27-12-7-17-35-27)33(30-23)24-9-4-3-5-10-24/h3-12,17-18,29H,13-16,19-20H2,1-2H3. The summed E-state index contributed by atoms with van der Waals surface area (Å²) >= 11 is 0. The number of carbonyl (C=O) groups excluding carboxylic acids is 1. The molecule has 180 valence electrons. The molecule has 0 unspecified atom stereocenters. The van der Waals surface area contributed by atoms with Crippen molar-refractivity contribution in [2.45, 2.75) is 20.4 Å². The van der Waals surface area contributed by atoms with Crippen LogP contribution in [-0.4, -0.2) is 53.3 Å². The summed E-state index contributed by atoms with van der Waals surface area (Å²) in [7, 11) is 0. The predicted molar refractivity (Wildman–Crippen MR) is 138 cm³/mol. The van der Waals surface area contributed by atoms with Crippen LogP contribution in [0.25, 0.3) is 17.1 Å². The number of para-hydroxylation sites is 1. The minimum atomic E-state index is 0.124. The third-order valence-corrected chi connectivity index (χ3v) is 6.67. The van der Waals surface area contributed by atoms with E-state index < -0.39 is 0 Å². The van der Waals surface area contributed by atoms with E-state index >= 15 is 0 Å². The normalized spacial score (nSPS) is 13.9. The molecule has 0 spiro atoms. The number of aryl methyl sites for hydroxylation is 1. The van der Waals surface area contributed by atoms with Gasteiger partial charge in [0.25, 0.3) is 0 Å². The highest BCUT2D eigenvalue weighted by molar-refractivity contribution is 5.78. The maximum Gasteiger partial charge on any atom is 0.236 e. The molecular formula is C28H31N5O2. The zero-order valence-electron chi connectivity index (χ0n) is 20.3. The second-order valence-electron chi connectivity index (χ2n) is 8.94. The third kappa shape index (κ3) is 5.00. The van der Waals surface area contributed by atoms with Crippen molar-refractivity contribution in [2.75, 3.05) is 37.6 Å². The summed E-state index contributed by atoms with van der Waals surface area (Å²) in [5.41, 5.74) is 6.59. The highest BCUT2D eigenvalue weighted by atomic mass is 16.3. The molecule has 2 aromatic carbocycles. The Morgan fingerprint density at radius 3 is 2.51 bits per heavy atom. The van der Waals surface area contributed by atoms with Crippen LogP contribution in [0, 0.1) is 13.8 Å². The number of nitrogens with zero attached hydrogens (tertiary/aromatic N) is 4. The number of furan rings is 1. The molecular weight excluding hydrogens is 438 g/mol. The van der Waals surface area contributed by atoms with E-state index in [2.05, 4.69) is 42.3 Å². The van der Waals surface area contributed by atoms with Gasteiger partial charge in [0.15, 0.2) is 5.76 Å². The molecule has 4 aromatic rings. The smallest absolute Gasteiger partial charge is 0.236 e. The number of hydrogen-bond donors (Lipinski definition) is 1. The summed E-state index contributed by atoms with van der Waals surface area (Å²) in [5.74, 6) is 0.879. The molecule has 1 saturated heterocycles. The van der Waals surface area contributed by atoms with Crippen LogP contribution in [0.1, 0.15) is 16.8 Å². The van der Waals surface area contributed by atoms with Gasteiger partial charge in [-0.05, 0) is 61.4 Å². The molecule has 0 bridgehead atoms. The fraction of sp³-hybridized carbons (Fsp3) is 0.286. The lowest BCUT2D eigenvalue weighted by molar-refractivity contribution is -0.130. The van der Waals surface area contributed by atoms with Crippen LogP contribution >= 0.6 is 0 Å².